The summed E-state index contributed by atoms with van der Waals surface area (Å²) in [4.78, 5) is 9.39. The highest BCUT2D eigenvalue weighted by Gasteiger charge is 2.26. The molecule has 2 unspecified atom stereocenters. The molecule has 0 amide bonds. The molecule has 3 rings (SSSR count). The van der Waals surface area contributed by atoms with Gasteiger partial charge in [0.25, 0.3) is 0 Å². The molecule has 0 radical (unpaired) electrons. The second-order valence-corrected chi connectivity index (χ2v) is 8.25. The summed E-state index contributed by atoms with van der Waals surface area (Å²) in [5.41, 5.74) is 1.28. The maximum atomic E-state index is 5.24. The summed E-state index contributed by atoms with van der Waals surface area (Å²) >= 11 is 3.51. The van der Waals surface area contributed by atoms with Crippen LogP contribution < -0.4 is 15.5 Å². The van der Waals surface area contributed by atoms with E-state index in [4.69, 9.17) is 4.74 Å². The van der Waals surface area contributed by atoms with Crippen molar-refractivity contribution in [1.29, 1.82) is 0 Å². The van der Waals surface area contributed by atoms with Gasteiger partial charge in [-0.2, -0.15) is 0 Å². The van der Waals surface area contributed by atoms with Gasteiger partial charge >= 0.3 is 0 Å². The third-order valence-corrected chi connectivity index (χ3v) is 6.06. The fraction of sp³-hybridized carbons (Fsp3) is 0.650. The second-order valence-electron chi connectivity index (χ2n) is 7.33. The van der Waals surface area contributed by atoms with E-state index in [1.54, 1.807) is 7.11 Å². The standard InChI is InChI=1S/C20H32BrN5O/c1-22-20(23-14-19-4-3-10-25(19)12-13-27-2)24-17-9-11-26(15-17)18-7-5-16(21)6-8-18/h5-8,17,19H,3-4,9-15H2,1-2H3,(H2,22,23,24). The molecule has 27 heavy (non-hydrogen) atoms. The summed E-state index contributed by atoms with van der Waals surface area (Å²) in [6, 6.07) is 9.55. The Hall–Kier alpha value is -1.31. The Bertz CT molecular complexity index is 609. The quantitative estimate of drug-likeness (QED) is 0.506. The van der Waals surface area contributed by atoms with Crippen LogP contribution in [0.25, 0.3) is 0 Å². The zero-order valence-electron chi connectivity index (χ0n) is 16.5. The number of anilines is 1. The first-order valence-electron chi connectivity index (χ1n) is 9.90. The number of guanidine groups is 1. The smallest absolute Gasteiger partial charge is 0.191 e. The van der Waals surface area contributed by atoms with Crippen LogP contribution in [-0.4, -0.2) is 76.4 Å². The number of rotatable bonds is 7. The molecule has 2 atom stereocenters. The number of hydrogen-bond donors (Lipinski definition) is 2. The summed E-state index contributed by atoms with van der Waals surface area (Å²) in [6.07, 6.45) is 3.64. The molecule has 2 heterocycles. The molecule has 6 nitrogen and oxygen atoms in total. The average molecular weight is 438 g/mol. The van der Waals surface area contributed by atoms with Gasteiger partial charge in [-0.1, -0.05) is 15.9 Å². The molecule has 2 fully saturated rings. The first kappa shape index (κ1) is 20.4. The van der Waals surface area contributed by atoms with Crippen molar-refractivity contribution in [3.8, 4) is 0 Å². The van der Waals surface area contributed by atoms with Gasteiger partial charge < -0.3 is 20.3 Å². The van der Waals surface area contributed by atoms with Gasteiger partial charge in [-0.05, 0) is 50.1 Å². The van der Waals surface area contributed by atoms with Gasteiger partial charge in [0.15, 0.2) is 5.96 Å². The van der Waals surface area contributed by atoms with Gasteiger partial charge in [0.1, 0.15) is 0 Å². The monoisotopic (exact) mass is 437 g/mol. The van der Waals surface area contributed by atoms with Crippen molar-refractivity contribution >= 4 is 27.6 Å². The highest BCUT2D eigenvalue weighted by Crippen LogP contribution is 2.22. The Labute approximate surface area is 171 Å². The summed E-state index contributed by atoms with van der Waals surface area (Å²) in [6.45, 7) is 6.01. The Morgan fingerprint density at radius 1 is 1.26 bits per heavy atom. The fourth-order valence-electron chi connectivity index (χ4n) is 4.00. The lowest BCUT2D eigenvalue weighted by atomic mass is 10.2. The van der Waals surface area contributed by atoms with Crippen molar-refractivity contribution in [2.45, 2.75) is 31.3 Å². The van der Waals surface area contributed by atoms with Gasteiger partial charge in [0, 0.05) is 62.6 Å². The summed E-state index contributed by atoms with van der Waals surface area (Å²) in [5.74, 6) is 0.913. The predicted octanol–water partition coefficient (Wildman–Crippen LogP) is 2.30. The number of halogens is 1. The van der Waals surface area contributed by atoms with E-state index in [1.807, 2.05) is 7.05 Å². The number of nitrogens with zero attached hydrogens (tertiary/aromatic N) is 3. The van der Waals surface area contributed by atoms with Crippen LogP contribution in [0.15, 0.2) is 33.7 Å². The molecule has 150 valence electrons. The molecular formula is C20H32BrN5O. The second kappa shape index (κ2) is 10.3. The van der Waals surface area contributed by atoms with Crippen molar-refractivity contribution in [2.75, 3.05) is 58.4 Å². The van der Waals surface area contributed by atoms with E-state index in [0.29, 0.717) is 12.1 Å². The predicted molar refractivity (Wildman–Crippen MR) is 116 cm³/mol. The van der Waals surface area contributed by atoms with E-state index < -0.39 is 0 Å². The van der Waals surface area contributed by atoms with Crippen molar-refractivity contribution in [1.82, 2.24) is 15.5 Å². The number of methoxy groups -OCH3 is 1. The molecule has 0 aliphatic carbocycles. The molecule has 0 saturated carbocycles. The minimum absolute atomic E-state index is 0.424. The zero-order valence-corrected chi connectivity index (χ0v) is 18.0. The van der Waals surface area contributed by atoms with Crippen LogP contribution >= 0.6 is 15.9 Å². The van der Waals surface area contributed by atoms with Crippen LogP contribution in [-0.2, 0) is 4.74 Å². The van der Waals surface area contributed by atoms with Gasteiger partial charge in [-0.3, -0.25) is 9.89 Å². The Kier molecular flexibility index (Phi) is 7.79. The van der Waals surface area contributed by atoms with Crippen molar-refractivity contribution in [3.05, 3.63) is 28.7 Å². The lowest BCUT2D eigenvalue weighted by Gasteiger charge is -2.26. The van der Waals surface area contributed by atoms with Crippen molar-refractivity contribution in [3.63, 3.8) is 0 Å². The third kappa shape index (κ3) is 5.83. The van der Waals surface area contributed by atoms with Gasteiger partial charge in [0.05, 0.1) is 6.61 Å². The number of likely N-dealkylation sites (tertiary alicyclic amines) is 1. The van der Waals surface area contributed by atoms with Crippen molar-refractivity contribution < 1.29 is 4.74 Å². The molecule has 0 aromatic heterocycles. The molecule has 2 aliphatic heterocycles. The average Bonchev–Trinajstić information content (AvgIpc) is 3.33. The summed E-state index contributed by atoms with van der Waals surface area (Å²) in [7, 11) is 3.63. The number of nitrogens with one attached hydrogen (secondary N) is 2. The largest absolute Gasteiger partial charge is 0.383 e. The molecule has 1 aromatic rings. The Balaban J connectivity index is 1.44. The first-order valence-corrected chi connectivity index (χ1v) is 10.7. The highest BCUT2D eigenvalue weighted by atomic mass is 79.9. The van der Waals surface area contributed by atoms with E-state index in [1.165, 1.54) is 25.1 Å². The molecule has 0 spiro atoms. The Morgan fingerprint density at radius 2 is 2.07 bits per heavy atom. The van der Waals surface area contributed by atoms with Crippen LogP contribution in [0.2, 0.25) is 0 Å². The highest BCUT2D eigenvalue weighted by molar-refractivity contribution is 9.10. The molecule has 2 N–H and O–H groups in total. The van der Waals surface area contributed by atoms with E-state index in [0.717, 1.165) is 49.6 Å². The lowest BCUT2D eigenvalue weighted by Crippen LogP contribution is -2.48. The minimum atomic E-state index is 0.424. The molecule has 2 aliphatic rings. The summed E-state index contributed by atoms with van der Waals surface area (Å²) < 4.78 is 6.36. The minimum Gasteiger partial charge on any atom is -0.383 e. The molecule has 7 heteroatoms. The van der Waals surface area contributed by atoms with Gasteiger partial charge in [-0.15, -0.1) is 0 Å². The van der Waals surface area contributed by atoms with Crippen LogP contribution in [0.5, 0.6) is 0 Å². The molecule has 1 aromatic carbocycles. The molecule has 0 bridgehead atoms. The third-order valence-electron chi connectivity index (χ3n) is 5.53. The normalized spacial score (nSPS) is 23.8. The zero-order chi connectivity index (χ0) is 19.1. The molecule has 2 saturated heterocycles. The van der Waals surface area contributed by atoms with Crippen LogP contribution in [0, 0.1) is 0 Å². The van der Waals surface area contributed by atoms with E-state index in [9.17, 15) is 0 Å². The fourth-order valence-corrected chi connectivity index (χ4v) is 4.26. The summed E-state index contributed by atoms with van der Waals surface area (Å²) in [5, 5.41) is 7.14. The van der Waals surface area contributed by atoms with Crippen molar-refractivity contribution in [2.24, 2.45) is 4.99 Å². The van der Waals surface area contributed by atoms with E-state index >= 15 is 0 Å². The van der Waals surface area contributed by atoms with E-state index in [-0.39, 0.29) is 0 Å². The topological polar surface area (TPSA) is 52.1 Å². The Morgan fingerprint density at radius 3 is 2.81 bits per heavy atom. The first-order chi connectivity index (χ1) is 13.2. The maximum Gasteiger partial charge on any atom is 0.191 e. The van der Waals surface area contributed by atoms with Gasteiger partial charge in [0.2, 0.25) is 0 Å². The number of hydrogen-bond acceptors (Lipinski definition) is 4. The SMILES string of the molecule is CN=C(NCC1CCCN1CCOC)NC1CCN(c2ccc(Br)cc2)C1. The van der Waals surface area contributed by atoms with Crippen LogP contribution in [0.3, 0.4) is 0 Å². The number of benzene rings is 1. The molecular weight excluding hydrogens is 406 g/mol. The van der Waals surface area contributed by atoms with E-state index in [2.05, 4.69) is 65.6 Å². The maximum absolute atomic E-state index is 5.24. The number of ether oxygens (including phenoxy) is 1. The number of aliphatic imine (C=N–C) groups is 1. The van der Waals surface area contributed by atoms with Crippen LogP contribution in [0.1, 0.15) is 19.3 Å². The lowest BCUT2D eigenvalue weighted by molar-refractivity contribution is 0.141. The van der Waals surface area contributed by atoms with Gasteiger partial charge in [-0.25, -0.2) is 0 Å². The van der Waals surface area contributed by atoms with Crippen LogP contribution in [0.4, 0.5) is 5.69 Å².